The molecule has 1 amide bonds. The van der Waals surface area contributed by atoms with E-state index < -0.39 is 11.6 Å². The zero-order valence-electron chi connectivity index (χ0n) is 12.4. The summed E-state index contributed by atoms with van der Waals surface area (Å²) in [5.41, 5.74) is 6.17. The minimum Gasteiger partial charge on any atom is -0.383 e. The van der Waals surface area contributed by atoms with Crippen molar-refractivity contribution in [3.8, 4) is 0 Å². The smallest absolute Gasteiger partial charge is 0.240 e. The van der Waals surface area contributed by atoms with Crippen LogP contribution in [0.25, 0.3) is 0 Å². The fourth-order valence-corrected chi connectivity index (χ4v) is 2.42. The highest BCUT2D eigenvalue weighted by molar-refractivity contribution is 7.11. The molecule has 1 rings (SSSR count). The molecule has 8 heteroatoms. The van der Waals surface area contributed by atoms with Crippen LogP contribution in [0.4, 0.5) is 0 Å². The number of carbonyl (C=O) groups excluding carboxylic acids is 1. The summed E-state index contributed by atoms with van der Waals surface area (Å²) in [5.74, 6) is -0.229. The molecule has 1 atom stereocenters. The lowest BCUT2D eigenvalue weighted by atomic mass is 10.1. The largest absolute Gasteiger partial charge is 0.383 e. The Balaban J connectivity index is 0. The highest BCUT2D eigenvalue weighted by Crippen LogP contribution is 2.27. The van der Waals surface area contributed by atoms with Crippen molar-refractivity contribution in [1.82, 2.24) is 10.3 Å². The van der Waals surface area contributed by atoms with E-state index in [1.54, 1.807) is 11.3 Å². The summed E-state index contributed by atoms with van der Waals surface area (Å²) >= 11 is 1.59. The molecule has 0 bridgehead atoms. The molecule has 1 aromatic heterocycles. The van der Waals surface area contributed by atoms with Gasteiger partial charge < -0.3 is 15.8 Å². The van der Waals surface area contributed by atoms with Crippen LogP contribution in [0.2, 0.25) is 0 Å². The van der Waals surface area contributed by atoms with E-state index in [2.05, 4.69) is 10.3 Å². The first-order chi connectivity index (χ1) is 8.27. The van der Waals surface area contributed by atoms with Crippen LogP contribution in [0, 0.1) is 13.8 Å². The molecule has 1 aromatic rings. The number of thiazole rings is 1. The van der Waals surface area contributed by atoms with Gasteiger partial charge in [-0.15, -0.1) is 36.2 Å². The van der Waals surface area contributed by atoms with Crippen LogP contribution in [0.5, 0.6) is 0 Å². The second-order valence-corrected chi connectivity index (χ2v) is 6.04. The predicted octanol–water partition coefficient (Wildman–Crippen LogP) is 1.93. The predicted molar refractivity (Wildman–Crippen MR) is 87.1 cm³/mol. The van der Waals surface area contributed by atoms with Crippen LogP contribution in [-0.4, -0.2) is 30.6 Å². The second kappa shape index (κ2) is 8.79. The highest BCUT2D eigenvalue weighted by atomic mass is 35.5. The Hall–Kier alpha value is -0.400. The van der Waals surface area contributed by atoms with Gasteiger partial charge in [-0.3, -0.25) is 4.79 Å². The van der Waals surface area contributed by atoms with Crippen LogP contribution >= 0.6 is 36.2 Å². The minimum absolute atomic E-state index is 0. The molecule has 20 heavy (non-hydrogen) atoms. The molecule has 0 saturated carbocycles. The number of hydrogen-bond donors (Lipinski definition) is 2. The zero-order chi connectivity index (χ0) is 13.9. The molecule has 1 heterocycles. The topological polar surface area (TPSA) is 77.2 Å². The standard InChI is InChI=1S/C12H21N3O2S.2ClH/c1-7-8(2)18-11(14-7)12(3,4)15-10(16)9(13)6-17-5;;/h9H,6,13H2,1-5H3,(H,15,16);2*1H. The summed E-state index contributed by atoms with van der Waals surface area (Å²) in [6.45, 7) is 8.02. The minimum atomic E-state index is -0.656. The number of rotatable bonds is 5. The number of nitrogens with one attached hydrogen (secondary N) is 1. The maximum absolute atomic E-state index is 11.9. The summed E-state index contributed by atoms with van der Waals surface area (Å²) < 4.78 is 4.87. The van der Waals surface area contributed by atoms with Crippen molar-refractivity contribution in [3.05, 3.63) is 15.6 Å². The second-order valence-electron chi connectivity index (χ2n) is 4.84. The van der Waals surface area contributed by atoms with Gasteiger partial charge in [0, 0.05) is 12.0 Å². The van der Waals surface area contributed by atoms with Crippen molar-refractivity contribution in [2.45, 2.75) is 39.3 Å². The molecular formula is C12H23Cl2N3O2S. The summed E-state index contributed by atoms with van der Waals surface area (Å²) in [6.07, 6.45) is 0. The number of aryl methyl sites for hydroxylation is 2. The molecule has 0 fully saturated rings. The maximum Gasteiger partial charge on any atom is 0.240 e. The van der Waals surface area contributed by atoms with Crippen LogP contribution in [0.3, 0.4) is 0 Å². The SMILES string of the molecule is COCC(N)C(=O)NC(C)(C)c1nc(C)c(C)s1.Cl.Cl. The summed E-state index contributed by atoms with van der Waals surface area (Å²) in [7, 11) is 1.52. The fraction of sp³-hybridized carbons (Fsp3) is 0.667. The van der Waals surface area contributed by atoms with Gasteiger partial charge in [-0.05, 0) is 27.7 Å². The lowest BCUT2D eigenvalue weighted by Crippen LogP contribution is -2.50. The van der Waals surface area contributed by atoms with Gasteiger partial charge >= 0.3 is 0 Å². The van der Waals surface area contributed by atoms with Crippen molar-refractivity contribution in [1.29, 1.82) is 0 Å². The van der Waals surface area contributed by atoms with Crippen molar-refractivity contribution in [2.75, 3.05) is 13.7 Å². The number of halogens is 2. The van der Waals surface area contributed by atoms with Gasteiger partial charge in [-0.1, -0.05) is 0 Å². The molecule has 0 aliphatic rings. The van der Waals surface area contributed by atoms with Gasteiger partial charge in [-0.25, -0.2) is 4.98 Å². The Bertz CT molecular complexity index is 419. The fourth-order valence-electron chi connectivity index (χ4n) is 1.45. The number of aromatic nitrogens is 1. The number of amides is 1. The van der Waals surface area contributed by atoms with E-state index in [4.69, 9.17) is 10.5 Å². The van der Waals surface area contributed by atoms with Crippen molar-refractivity contribution in [3.63, 3.8) is 0 Å². The normalized spacial score (nSPS) is 12.1. The van der Waals surface area contributed by atoms with E-state index in [-0.39, 0.29) is 37.3 Å². The molecule has 5 nitrogen and oxygen atoms in total. The molecule has 0 saturated heterocycles. The molecule has 118 valence electrons. The van der Waals surface area contributed by atoms with E-state index >= 15 is 0 Å². The Morgan fingerprint density at radius 1 is 1.45 bits per heavy atom. The lowest BCUT2D eigenvalue weighted by molar-refractivity contribution is -0.125. The highest BCUT2D eigenvalue weighted by Gasteiger charge is 2.28. The molecule has 0 aliphatic heterocycles. The van der Waals surface area contributed by atoms with E-state index in [1.807, 2.05) is 27.7 Å². The first-order valence-electron chi connectivity index (χ1n) is 5.79. The molecule has 0 aromatic carbocycles. The lowest BCUT2D eigenvalue weighted by Gasteiger charge is -2.25. The van der Waals surface area contributed by atoms with Gasteiger partial charge in [0.1, 0.15) is 11.0 Å². The van der Waals surface area contributed by atoms with E-state index in [0.717, 1.165) is 15.6 Å². The molecule has 1 unspecified atom stereocenters. The summed E-state index contributed by atoms with van der Waals surface area (Å²) in [6, 6.07) is -0.656. The average molecular weight is 344 g/mol. The Morgan fingerprint density at radius 3 is 2.40 bits per heavy atom. The number of hydrogen-bond acceptors (Lipinski definition) is 5. The van der Waals surface area contributed by atoms with Gasteiger partial charge in [-0.2, -0.15) is 0 Å². The Morgan fingerprint density at radius 2 is 2.00 bits per heavy atom. The van der Waals surface area contributed by atoms with E-state index in [9.17, 15) is 4.79 Å². The van der Waals surface area contributed by atoms with Crippen molar-refractivity contribution in [2.24, 2.45) is 5.73 Å². The van der Waals surface area contributed by atoms with Gasteiger partial charge in [0.05, 0.1) is 17.8 Å². The van der Waals surface area contributed by atoms with Gasteiger partial charge in [0.25, 0.3) is 0 Å². The third kappa shape index (κ3) is 5.54. The number of ether oxygens (including phenoxy) is 1. The third-order valence-corrected chi connectivity index (χ3v) is 4.08. The summed E-state index contributed by atoms with van der Waals surface area (Å²) in [5, 5.41) is 3.79. The first-order valence-corrected chi connectivity index (χ1v) is 6.60. The van der Waals surface area contributed by atoms with Crippen molar-refractivity contribution >= 4 is 42.1 Å². The van der Waals surface area contributed by atoms with Crippen LogP contribution in [0.15, 0.2) is 0 Å². The number of nitrogens with two attached hydrogens (primary N) is 1. The van der Waals surface area contributed by atoms with E-state index in [0.29, 0.717) is 0 Å². The molecule has 3 N–H and O–H groups in total. The van der Waals surface area contributed by atoms with Crippen LogP contribution in [0.1, 0.15) is 29.4 Å². The molecule has 0 aliphatic carbocycles. The Labute approximate surface area is 136 Å². The van der Waals surface area contributed by atoms with Crippen LogP contribution < -0.4 is 11.1 Å². The Kier molecular flexibility index (Phi) is 9.62. The average Bonchev–Trinajstić information content (AvgIpc) is 2.60. The number of methoxy groups -OCH3 is 1. The number of carbonyl (C=O) groups is 1. The zero-order valence-corrected chi connectivity index (χ0v) is 14.8. The van der Waals surface area contributed by atoms with Gasteiger partial charge in [0.15, 0.2) is 0 Å². The molecular weight excluding hydrogens is 321 g/mol. The quantitative estimate of drug-likeness (QED) is 0.856. The number of nitrogens with zero attached hydrogens (tertiary/aromatic N) is 1. The first kappa shape index (κ1) is 21.9. The van der Waals surface area contributed by atoms with Crippen LogP contribution in [-0.2, 0) is 15.1 Å². The third-order valence-electron chi connectivity index (χ3n) is 2.68. The monoisotopic (exact) mass is 343 g/mol. The maximum atomic E-state index is 11.9. The van der Waals surface area contributed by atoms with E-state index in [1.165, 1.54) is 7.11 Å². The van der Waals surface area contributed by atoms with Gasteiger partial charge in [0.2, 0.25) is 5.91 Å². The summed E-state index contributed by atoms with van der Waals surface area (Å²) in [4.78, 5) is 17.5. The molecule has 0 spiro atoms. The molecule has 0 radical (unpaired) electrons. The van der Waals surface area contributed by atoms with Crippen molar-refractivity contribution < 1.29 is 9.53 Å².